The van der Waals surface area contributed by atoms with Gasteiger partial charge in [0.15, 0.2) is 12.5 Å². The first kappa shape index (κ1) is 33.4. The molecule has 5 unspecified atom stereocenters. The quantitative estimate of drug-likeness (QED) is 0.0791. The normalized spacial score (nSPS) is 29.5. The highest BCUT2D eigenvalue weighted by Crippen LogP contribution is 2.73. The van der Waals surface area contributed by atoms with E-state index >= 15 is 0 Å². The molecule has 0 bridgehead atoms. The van der Waals surface area contributed by atoms with E-state index in [-0.39, 0.29) is 0 Å². The number of nitrogens with zero attached hydrogens (tertiary/aromatic N) is 1. The summed E-state index contributed by atoms with van der Waals surface area (Å²) in [4.78, 5) is 78.7. The summed E-state index contributed by atoms with van der Waals surface area (Å²) < 4.78 is 80.1. The molecule has 0 radical (unpaired) electrons. The third-order valence-electron chi connectivity index (χ3n) is 3.75. The molecule has 0 aliphatic carbocycles. The van der Waals surface area contributed by atoms with E-state index < -0.39 is 81.2 Å². The number of hydrogen-bond acceptors (Lipinski definition) is 16. The largest absolute Gasteiger partial charge is 0.490 e. The van der Waals surface area contributed by atoms with Gasteiger partial charge in [-0.25, -0.2) is 27.6 Å². The number of aliphatic hydroxyl groups excluding tert-OH is 3. The smallest absolute Gasteiger partial charge is 0.387 e. The fourth-order valence-corrected chi connectivity index (χ4v) is 8.48. The molecule has 1 aliphatic heterocycles. The van der Waals surface area contributed by atoms with Crippen molar-refractivity contribution in [1.29, 1.82) is 0 Å². The minimum atomic E-state index is -6.36. The highest BCUT2D eigenvalue weighted by molar-refractivity contribution is 7.71. The third-order valence-corrected chi connectivity index (χ3v) is 10.9. The van der Waals surface area contributed by atoms with Crippen molar-refractivity contribution in [1.82, 2.24) is 9.55 Å². The van der Waals surface area contributed by atoms with Crippen LogP contribution in [-0.4, -0.2) is 78.8 Å². The summed E-state index contributed by atoms with van der Waals surface area (Å²) in [6.07, 6.45) is -10.3. The molecule has 0 aromatic carbocycles. The minimum absolute atomic E-state index is 0.529. The number of phosphoric acid groups is 5. The first-order valence-corrected chi connectivity index (χ1v) is 16.4. The number of nitrogens with one attached hydrogen (secondary N) is 1. The molecule has 0 spiro atoms. The fourth-order valence-electron chi connectivity index (χ4n) is 2.56. The summed E-state index contributed by atoms with van der Waals surface area (Å²) in [7, 11) is -30.8. The van der Waals surface area contributed by atoms with Gasteiger partial charge in [-0.15, -0.1) is 0 Å². The van der Waals surface area contributed by atoms with Crippen LogP contribution in [0.3, 0.4) is 0 Å². The Bertz CT molecular complexity index is 1380. The van der Waals surface area contributed by atoms with Gasteiger partial charge in [0, 0.05) is 12.3 Å². The fraction of sp³-hybridized carbons (Fsp3) is 0.556. The van der Waals surface area contributed by atoms with Gasteiger partial charge in [-0.05, 0) is 0 Å². The minimum Gasteiger partial charge on any atom is -0.387 e. The molecule has 1 aromatic rings. The summed E-state index contributed by atoms with van der Waals surface area (Å²) >= 11 is 0. The molecule has 0 saturated carbocycles. The Hall–Kier alpha value is -0.770. The second-order valence-electron chi connectivity index (χ2n) is 6.68. The number of H-pyrrole nitrogens is 1. The molecule has 0 amide bonds. The van der Waals surface area contributed by atoms with E-state index in [9.17, 15) is 62.4 Å². The zero-order chi connectivity index (χ0) is 29.5. The topological polar surface area (TPSA) is 378 Å². The monoisotopic (exact) mass is 660 g/mol. The molecule has 1 saturated heterocycles. The number of ether oxygens (including phenoxy) is 1. The second-order valence-corrected chi connectivity index (χ2v) is 14.2. The van der Waals surface area contributed by atoms with Gasteiger partial charge in [0.2, 0.25) is 0 Å². The molecule has 10 N–H and O–H groups in total. The van der Waals surface area contributed by atoms with Gasteiger partial charge in [0.25, 0.3) is 5.56 Å². The van der Waals surface area contributed by atoms with Crippen molar-refractivity contribution < 1.29 is 94.0 Å². The zero-order valence-corrected chi connectivity index (χ0v) is 22.0. The number of rotatable bonds is 12. The summed E-state index contributed by atoms with van der Waals surface area (Å²) in [6, 6.07) is 0.802. The van der Waals surface area contributed by atoms with Crippen molar-refractivity contribution in [3.05, 3.63) is 33.1 Å². The van der Waals surface area contributed by atoms with E-state index in [0.29, 0.717) is 4.57 Å². The van der Waals surface area contributed by atoms with Crippen LogP contribution in [0, 0.1) is 0 Å². The van der Waals surface area contributed by atoms with Crippen molar-refractivity contribution in [2.45, 2.75) is 30.8 Å². The van der Waals surface area contributed by atoms with Crippen molar-refractivity contribution in [2.24, 2.45) is 0 Å². The van der Waals surface area contributed by atoms with Crippen molar-refractivity contribution >= 4 is 39.1 Å². The zero-order valence-electron chi connectivity index (χ0n) is 17.6. The predicted molar refractivity (Wildman–Crippen MR) is 110 cm³/mol. The van der Waals surface area contributed by atoms with Gasteiger partial charge in [-0.1, -0.05) is 0 Å². The molecule has 24 nitrogen and oxygen atoms in total. The Labute approximate surface area is 207 Å². The second kappa shape index (κ2) is 11.6. The Morgan fingerprint density at radius 1 is 0.816 bits per heavy atom. The molecule has 2 rings (SSSR count). The number of aromatic nitrogens is 2. The summed E-state index contributed by atoms with van der Waals surface area (Å²) in [5.74, 6) is 0. The average Bonchev–Trinajstić information content (AvgIpc) is 2.91. The Balaban J connectivity index is 2.10. The van der Waals surface area contributed by atoms with Crippen LogP contribution >= 0.6 is 39.1 Å². The van der Waals surface area contributed by atoms with E-state index in [0.717, 1.165) is 12.3 Å². The van der Waals surface area contributed by atoms with Crippen LogP contribution in [0.15, 0.2) is 21.9 Å². The first-order chi connectivity index (χ1) is 16.9. The van der Waals surface area contributed by atoms with Crippen molar-refractivity contribution in [3.63, 3.8) is 0 Å². The molecule has 1 aliphatic rings. The number of hydrogen-bond donors (Lipinski definition) is 10. The van der Waals surface area contributed by atoms with Gasteiger partial charge < -0.3 is 49.4 Å². The third kappa shape index (κ3) is 9.70. The molecule has 2 heterocycles. The van der Waals surface area contributed by atoms with E-state index in [2.05, 4.69) is 21.8 Å². The molecule has 220 valence electrons. The van der Waals surface area contributed by atoms with E-state index in [4.69, 9.17) is 19.4 Å². The van der Waals surface area contributed by atoms with E-state index in [1.807, 2.05) is 0 Å². The lowest BCUT2D eigenvalue weighted by molar-refractivity contribution is -0.161. The molecular formula is C9H17N2O22P5. The van der Waals surface area contributed by atoms with Crippen molar-refractivity contribution in [3.8, 4) is 0 Å². The van der Waals surface area contributed by atoms with Crippen LogP contribution < -0.4 is 11.2 Å². The van der Waals surface area contributed by atoms with E-state index in [1.54, 1.807) is 4.98 Å². The van der Waals surface area contributed by atoms with Crippen LogP contribution in [0.4, 0.5) is 0 Å². The van der Waals surface area contributed by atoms with Crippen LogP contribution in [0.2, 0.25) is 0 Å². The van der Waals surface area contributed by atoms with Crippen LogP contribution in [0.5, 0.6) is 0 Å². The molecule has 9 atom stereocenters. The summed E-state index contributed by atoms with van der Waals surface area (Å²) in [5.41, 5.74) is -2.02. The van der Waals surface area contributed by atoms with Crippen molar-refractivity contribution in [2.75, 3.05) is 0 Å². The van der Waals surface area contributed by atoms with Gasteiger partial charge in [-0.3, -0.25) is 18.9 Å². The lowest BCUT2D eigenvalue weighted by Gasteiger charge is -2.24. The van der Waals surface area contributed by atoms with Gasteiger partial charge >= 0.3 is 44.8 Å². The van der Waals surface area contributed by atoms with Gasteiger partial charge in [0.1, 0.15) is 18.3 Å². The predicted octanol–water partition coefficient (Wildman–Crippen LogP) is -2.95. The average molecular weight is 660 g/mol. The number of aliphatic hydroxyl groups is 3. The molecule has 38 heavy (non-hydrogen) atoms. The Morgan fingerprint density at radius 3 is 1.76 bits per heavy atom. The Morgan fingerprint density at radius 2 is 1.29 bits per heavy atom. The van der Waals surface area contributed by atoms with Crippen LogP contribution in [0.1, 0.15) is 6.23 Å². The highest BCUT2D eigenvalue weighted by atomic mass is 31.3. The molecule has 1 fully saturated rings. The lowest BCUT2D eigenvalue weighted by atomic mass is 10.1. The number of aromatic amines is 1. The maximum atomic E-state index is 12.0. The maximum absolute atomic E-state index is 12.0. The van der Waals surface area contributed by atoms with Gasteiger partial charge in [-0.2, -0.15) is 17.2 Å². The summed E-state index contributed by atoms with van der Waals surface area (Å²) in [6.45, 7) is 0. The Kier molecular flexibility index (Phi) is 10.2. The standard InChI is InChI=1S/C9H17N2O22P5/c12-3-1-2-11(9(16)10-3)7-5(14)4(13)6(28-7)8(15)29-35(20,21)31-37(24,25)33-38(26,27)32-36(22,23)30-34(17,18)19/h1-2,4-8,13-15H,(H,20,21)(H,22,23)(H,24,25)(H,26,27)(H,10,12,16)(H2,17,18,19)/t4-,5+,6-,7+,8?/m0/s1. The summed E-state index contributed by atoms with van der Waals surface area (Å²) in [5, 5.41) is 30.1. The maximum Gasteiger partial charge on any atom is 0.490 e. The number of phosphoric ester groups is 1. The highest BCUT2D eigenvalue weighted by Gasteiger charge is 2.51. The van der Waals surface area contributed by atoms with Gasteiger partial charge in [0.05, 0.1) is 0 Å². The molecule has 1 aromatic heterocycles. The lowest BCUT2D eigenvalue weighted by Crippen LogP contribution is -2.40. The van der Waals surface area contributed by atoms with Crippen LogP contribution in [-0.2, 0) is 49.3 Å². The SMILES string of the molecule is O=c1ccn([C@@H]2O[C@H](C(O)OP(=O)(O)OP(=O)(O)OP(=O)(O)OP(=O)(O)OP(=O)(O)O)[C@@H](O)[C@H]2O)c(=O)[nH]1. The van der Waals surface area contributed by atoms with Crippen LogP contribution in [0.25, 0.3) is 0 Å². The van der Waals surface area contributed by atoms with E-state index in [1.165, 1.54) is 0 Å². The molecular weight excluding hydrogens is 643 g/mol. The molecule has 29 heteroatoms. The first-order valence-electron chi connectivity index (χ1n) is 8.84.